The topological polar surface area (TPSA) is 32.5 Å². The first-order valence-corrected chi connectivity index (χ1v) is 7.94. The second-order valence-electron chi connectivity index (χ2n) is 6.32. The van der Waals surface area contributed by atoms with Crippen LogP contribution in [-0.2, 0) is 0 Å². The summed E-state index contributed by atoms with van der Waals surface area (Å²) in [6, 6.07) is 3.90. The van der Waals surface area contributed by atoms with Gasteiger partial charge in [0.25, 0.3) is 0 Å². The fourth-order valence-corrected chi connectivity index (χ4v) is 3.20. The van der Waals surface area contributed by atoms with Gasteiger partial charge < -0.3 is 15.5 Å². The number of nitrogens with zero attached hydrogens (tertiary/aromatic N) is 2. The lowest BCUT2D eigenvalue weighted by molar-refractivity contribution is 0.328. The van der Waals surface area contributed by atoms with Crippen LogP contribution in [0.3, 0.4) is 0 Å². The van der Waals surface area contributed by atoms with E-state index in [0.717, 1.165) is 43.7 Å². The third kappa shape index (κ3) is 3.55. The minimum Gasteiger partial charge on any atom is -0.367 e. The molecular weight excluding hydrogens is 265 g/mol. The van der Waals surface area contributed by atoms with Gasteiger partial charge in [-0.1, -0.05) is 6.92 Å². The molecule has 0 bridgehead atoms. The lowest BCUT2D eigenvalue weighted by Crippen LogP contribution is -2.40. The summed E-state index contributed by atoms with van der Waals surface area (Å²) in [6.45, 7) is 9.14. The molecule has 2 atom stereocenters. The number of hydrogen-bond acceptors (Lipinski definition) is 3. The minimum atomic E-state index is -0.161. The maximum atomic E-state index is 13.9. The molecule has 1 aromatic carbocycles. The van der Waals surface area contributed by atoms with Crippen LogP contribution in [0.15, 0.2) is 12.1 Å². The van der Waals surface area contributed by atoms with E-state index in [2.05, 4.69) is 23.8 Å². The van der Waals surface area contributed by atoms with Gasteiger partial charge in [-0.25, -0.2) is 4.39 Å². The summed E-state index contributed by atoms with van der Waals surface area (Å²) >= 11 is 0. The quantitative estimate of drug-likeness (QED) is 0.929. The molecule has 0 aromatic heterocycles. The summed E-state index contributed by atoms with van der Waals surface area (Å²) in [4.78, 5) is 4.82. The summed E-state index contributed by atoms with van der Waals surface area (Å²) in [6.07, 6.45) is 2.21. The number of hydrogen-bond donors (Lipinski definition) is 1. The molecule has 1 aliphatic heterocycles. The van der Waals surface area contributed by atoms with Crippen LogP contribution in [0.25, 0.3) is 0 Å². The van der Waals surface area contributed by atoms with Crippen LogP contribution < -0.4 is 10.6 Å². The molecule has 1 heterocycles. The highest BCUT2D eigenvalue weighted by molar-refractivity contribution is 5.58. The lowest BCUT2D eigenvalue weighted by Gasteiger charge is -2.34. The second kappa shape index (κ2) is 6.75. The highest BCUT2D eigenvalue weighted by Crippen LogP contribution is 2.31. The van der Waals surface area contributed by atoms with E-state index in [9.17, 15) is 4.39 Å². The number of halogens is 1. The molecule has 21 heavy (non-hydrogen) atoms. The van der Waals surface area contributed by atoms with Crippen molar-refractivity contribution in [2.24, 2.45) is 5.73 Å². The van der Waals surface area contributed by atoms with E-state index < -0.39 is 0 Å². The van der Waals surface area contributed by atoms with Gasteiger partial charge in [0.15, 0.2) is 0 Å². The van der Waals surface area contributed by atoms with Crippen molar-refractivity contribution in [2.45, 2.75) is 45.7 Å². The first-order chi connectivity index (χ1) is 9.93. The first-order valence-electron chi connectivity index (χ1n) is 7.94. The van der Waals surface area contributed by atoms with Crippen molar-refractivity contribution in [3.8, 4) is 0 Å². The summed E-state index contributed by atoms with van der Waals surface area (Å²) < 4.78 is 13.9. The number of aryl methyl sites for hydroxylation is 1. The molecular formula is C17H28FN3. The van der Waals surface area contributed by atoms with Gasteiger partial charge in [0.2, 0.25) is 0 Å². The molecule has 1 saturated heterocycles. The fraction of sp³-hybridized carbons (Fsp3) is 0.647. The van der Waals surface area contributed by atoms with Crippen LogP contribution in [0.1, 0.15) is 43.9 Å². The third-order valence-electron chi connectivity index (χ3n) is 4.48. The number of anilines is 1. The molecule has 2 rings (SSSR count). The van der Waals surface area contributed by atoms with Crippen molar-refractivity contribution in [2.75, 3.05) is 31.6 Å². The molecule has 3 nitrogen and oxygen atoms in total. The summed E-state index contributed by atoms with van der Waals surface area (Å²) in [5.74, 6) is -0.161. The maximum absolute atomic E-state index is 13.9. The van der Waals surface area contributed by atoms with Crippen molar-refractivity contribution in [3.63, 3.8) is 0 Å². The van der Waals surface area contributed by atoms with E-state index in [1.165, 1.54) is 0 Å². The molecule has 118 valence electrons. The van der Waals surface area contributed by atoms with Crippen molar-refractivity contribution in [1.82, 2.24) is 4.90 Å². The molecule has 1 fully saturated rings. The molecule has 1 aliphatic rings. The highest BCUT2D eigenvalue weighted by atomic mass is 19.1. The minimum absolute atomic E-state index is 0.159. The van der Waals surface area contributed by atoms with Crippen molar-refractivity contribution >= 4 is 5.69 Å². The zero-order valence-electron chi connectivity index (χ0n) is 13.7. The lowest BCUT2D eigenvalue weighted by atomic mass is 10.0. The van der Waals surface area contributed by atoms with Crippen LogP contribution >= 0.6 is 0 Å². The third-order valence-corrected chi connectivity index (χ3v) is 4.48. The Labute approximate surface area is 127 Å². The van der Waals surface area contributed by atoms with Crippen molar-refractivity contribution in [1.29, 1.82) is 0 Å². The van der Waals surface area contributed by atoms with E-state index >= 15 is 0 Å². The molecule has 2 N–H and O–H groups in total. The number of benzene rings is 1. The first kappa shape index (κ1) is 16.2. The Morgan fingerprint density at radius 1 is 1.38 bits per heavy atom. The van der Waals surface area contributed by atoms with Gasteiger partial charge in [-0.05, 0) is 63.5 Å². The average Bonchev–Trinajstić information content (AvgIpc) is 2.62. The van der Waals surface area contributed by atoms with E-state index in [-0.39, 0.29) is 11.9 Å². The summed E-state index contributed by atoms with van der Waals surface area (Å²) in [5.41, 5.74) is 8.82. The van der Waals surface area contributed by atoms with E-state index in [1.807, 2.05) is 19.9 Å². The number of nitrogens with two attached hydrogens (primary N) is 1. The molecule has 0 aliphatic carbocycles. The SMILES string of the molecule is CCC1CN(C)CCCN1c1cc(C)c(F)cc1[C@H](C)N. The molecule has 1 unspecified atom stereocenters. The second-order valence-corrected chi connectivity index (χ2v) is 6.32. The van der Waals surface area contributed by atoms with Crippen LogP contribution in [0.4, 0.5) is 10.1 Å². The van der Waals surface area contributed by atoms with E-state index in [1.54, 1.807) is 6.07 Å². The Morgan fingerprint density at radius 3 is 2.71 bits per heavy atom. The van der Waals surface area contributed by atoms with Gasteiger partial charge in [0, 0.05) is 30.9 Å². The van der Waals surface area contributed by atoms with Gasteiger partial charge in [-0.3, -0.25) is 0 Å². The number of rotatable bonds is 3. The van der Waals surface area contributed by atoms with Crippen LogP contribution in [-0.4, -0.2) is 37.6 Å². The molecule has 0 radical (unpaired) electrons. The summed E-state index contributed by atoms with van der Waals surface area (Å²) in [5, 5.41) is 0. The Hall–Kier alpha value is -1.13. The Balaban J connectivity index is 2.44. The number of likely N-dealkylation sites (N-methyl/N-ethyl adjacent to an activating group) is 1. The normalized spacial score (nSPS) is 22.2. The summed E-state index contributed by atoms with van der Waals surface area (Å²) in [7, 11) is 2.18. The Kier molecular flexibility index (Phi) is 5.22. The molecule has 1 aromatic rings. The maximum Gasteiger partial charge on any atom is 0.126 e. The Bertz CT molecular complexity index is 487. The predicted octanol–water partition coefficient (Wildman–Crippen LogP) is 3.07. The standard InChI is InChI=1S/C17H28FN3/c1-5-14-11-20(4)7-6-8-21(14)17-9-12(2)16(18)10-15(17)13(3)19/h9-10,13-14H,5-8,11,19H2,1-4H3/t13-,14?/m0/s1. The van der Waals surface area contributed by atoms with Crippen molar-refractivity contribution < 1.29 is 4.39 Å². The van der Waals surface area contributed by atoms with Crippen LogP contribution in [0.5, 0.6) is 0 Å². The van der Waals surface area contributed by atoms with Gasteiger partial charge in [-0.15, -0.1) is 0 Å². The molecule has 0 saturated carbocycles. The fourth-order valence-electron chi connectivity index (χ4n) is 3.20. The van der Waals surface area contributed by atoms with Gasteiger partial charge in [0.1, 0.15) is 5.82 Å². The van der Waals surface area contributed by atoms with E-state index in [0.29, 0.717) is 11.6 Å². The largest absolute Gasteiger partial charge is 0.367 e. The Morgan fingerprint density at radius 2 is 2.10 bits per heavy atom. The predicted molar refractivity (Wildman–Crippen MR) is 87.3 cm³/mol. The average molecular weight is 293 g/mol. The van der Waals surface area contributed by atoms with Crippen molar-refractivity contribution in [3.05, 3.63) is 29.1 Å². The van der Waals surface area contributed by atoms with Crippen LogP contribution in [0, 0.1) is 12.7 Å². The van der Waals surface area contributed by atoms with Gasteiger partial charge >= 0.3 is 0 Å². The monoisotopic (exact) mass is 293 g/mol. The molecule has 4 heteroatoms. The smallest absolute Gasteiger partial charge is 0.126 e. The molecule has 0 spiro atoms. The zero-order valence-corrected chi connectivity index (χ0v) is 13.7. The van der Waals surface area contributed by atoms with Crippen LogP contribution in [0.2, 0.25) is 0 Å². The van der Waals surface area contributed by atoms with Gasteiger partial charge in [-0.2, -0.15) is 0 Å². The zero-order chi connectivity index (χ0) is 15.6. The molecule has 0 amide bonds. The highest BCUT2D eigenvalue weighted by Gasteiger charge is 2.25. The van der Waals surface area contributed by atoms with E-state index in [4.69, 9.17) is 5.73 Å². The van der Waals surface area contributed by atoms with Gasteiger partial charge in [0.05, 0.1) is 0 Å².